The number of nitrogens with zero attached hydrogens (tertiary/aromatic N) is 1. The van der Waals surface area contributed by atoms with Gasteiger partial charge in [-0.05, 0) is 132 Å². The van der Waals surface area contributed by atoms with Crippen molar-refractivity contribution in [3.8, 4) is 66.8 Å². The van der Waals surface area contributed by atoms with E-state index in [-0.39, 0.29) is 10.8 Å². The summed E-state index contributed by atoms with van der Waals surface area (Å²) < 4.78 is 0. The minimum absolute atomic E-state index is 0.147. The molecule has 66 heavy (non-hydrogen) atoms. The molecule has 1 heteroatoms. The fraction of sp³-hybridized carbons (Fsp3) is 0.0769. The van der Waals surface area contributed by atoms with Gasteiger partial charge in [-0.15, -0.1) is 0 Å². The SMILES string of the molecule is CC1(C)c2ccccc2-c2cccc(-c3cccc(N(c4ccc5c(c4)C(C)(c4ccccc4)c4ccccc4-5)c4ccccc4-c4cccc(-c5ccccc5-c5ccccc5)c4)c3)c21. The van der Waals surface area contributed by atoms with E-state index in [4.69, 9.17) is 0 Å². The average molecular weight is 844 g/mol. The van der Waals surface area contributed by atoms with E-state index in [1.54, 1.807) is 0 Å². The van der Waals surface area contributed by atoms with E-state index in [9.17, 15) is 0 Å². The Morgan fingerprint density at radius 1 is 0.288 bits per heavy atom. The normalized spacial score (nSPS) is 15.1. The van der Waals surface area contributed by atoms with E-state index < -0.39 is 0 Å². The Labute approximate surface area is 389 Å². The molecule has 12 rings (SSSR count). The maximum Gasteiger partial charge on any atom is 0.0540 e. The van der Waals surface area contributed by atoms with Crippen LogP contribution in [0.1, 0.15) is 48.6 Å². The zero-order valence-electron chi connectivity index (χ0n) is 37.5. The maximum atomic E-state index is 2.50. The second-order valence-corrected chi connectivity index (χ2v) is 18.6. The molecule has 1 atom stereocenters. The number of rotatable bonds is 8. The van der Waals surface area contributed by atoms with Gasteiger partial charge in [-0.1, -0.05) is 220 Å². The minimum atomic E-state index is -0.345. The van der Waals surface area contributed by atoms with Crippen LogP contribution in [0.3, 0.4) is 0 Å². The highest BCUT2D eigenvalue weighted by molar-refractivity contribution is 5.95. The van der Waals surface area contributed by atoms with Gasteiger partial charge < -0.3 is 4.90 Å². The van der Waals surface area contributed by atoms with Crippen LogP contribution in [0.4, 0.5) is 17.1 Å². The lowest BCUT2D eigenvalue weighted by Gasteiger charge is -2.32. The highest BCUT2D eigenvalue weighted by atomic mass is 15.1. The quantitative estimate of drug-likeness (QED) is 0.147. The summed E-state index contributed by atoms with van der Waals surface area (Å²) in [7, 11) is 0. The van der Waals surface area contributed by atoms with E-state index in [0.717, 1.165) is 28.2 Å². The molecular formula is C65H49N. The third-order valence-corrected chi connectivity index (χ3v) is 14.5. The zero-order chi connectivity index (χ0) is 44.4. The molecule has 0 spiro atoms. The van der Waals surface area contributed by atoms with Crippen molar-refractivity contribution in [2.45, 2.75) is 31.6 Å². The van der Waals surface area contributed by atoms with Gasteiger partial charge in [-0.3, -0.25) is 0 Å². The molecule has 0 radical (unpaired) electrons. The first-order chi connectivity index (χ1) is 32.4. The molecule has 0 fully saturated rings. The van der Waals surface area contributed by atoms with Crippen LogP contribution in [0, 0.1) is 0 Å². The zero-order valence-corrected chi connectivity index (χ0v) is 37.5. The maximum absolute atomic E-state index is 2.50. The summed E-state index contributed by atoms with van der Waals surface area (Å²) in [6.45, 7) is 7.17. The summed E-state index contributed by atoms with van der Waals surface area (Å²) in [6.07, 6.45) is 0. The molecule has 0 saturated heterocycles. The summed E-state index contributed by atoms with van der Waals surface area (Å²) in [5.74, 6) is 0. The molecule has 0 N–H and O–H groups in total. The van der Waals surface area contributed by atoms with Crippen molar-refractivity contribution in [2.75, 3.05) is 4.90 Å². The lowest BCUT2D eigenvalue weighted by atomic mass is 9.74. The van der Waals surface area contributed by atoms with Crippen LogP contribution in [0.2, 0.25) is 0 Å². The van der Waals surface area contributed by atoms with Crippen LogP contribution in [0.25, 0.3) is 66.8 Å². The summed E-state index contributed by atoms with van der Waals surface area (Å²) >= 11 is 0. The number of para-hydroxylation sites is 1. The smallest absolute Gasteiger partial charge is 0.0540 e. The van der Waals surface area contributed by atoms with Gasteiger partial charge in [0.05, 0.1) is 5.69 Å². The van der Waals surface area contributed by atoms with Crippen LogP contribution in [-0.4, -0.2) is 0 Å². The standard InChI is InChI=1S/C65H49N/c1-64(2)59-36-15-12-33-56(59)58-35-20-34-54(63(58)64)47-25-19-28-49(42-47)66(50-39-40-57-55-32-13-16-37-60(55)65(3,61(57)43-50)48-26-8-5-9-27-48)62-38-17-14-31-53(62)46-24-18-23-45(41-46)52-30-11-10-29-51(52)44-21-6-4-7-22-44/h4-43H,1-3H3. The number of benzene rings is 10. The van der Waals surface area contributed by atoms with E-state index >= 15 is 0 Å². The fourth-order valence-electron chi connectivity index (χ4n) is 11.4. The first kappa shape index (κ1) is 39.6. The molecule has 10 aromatic carbocycles. The third kappa shape index (κ3) is 6.22. The van der Waals surface area contributed by atoms with Crippen molar-refractivity contribution in [3.63, 3.8) is 0 Å². The highest BCUT2D eigenvalue weighted by Gasteiger charge is 2.41. The van der Waals surface area contributed by atoms with Crippen molar-refractivity contribution in [1.29, 1.82) is 0 Å². The Morgan fingerprint density at radius 2 is 0.758 bits per heavy atom. The predicted molar refractivity (Wildman–Crippen MR) is 278 cm³/mol. The summed E-state index contributed by atoms with van der Waals surface area (Å²) in [4.78, 5) is 2.50. The van der Waals surface area contributed by atoms with Crippen LogP contribution >= 0.6 is 0 Å². The predicted octanol–water partition coefficient (Wildman–Crippen LogP) is 17.5. The van der Waals surface area contributed by atoms with Crippen molar-refractivity contribution < 1.29 is 0 Å². The molecule has 2 aliphatic carbocycles. The van der Waals surface area contributed by atoms with E-state index in [0.29, 0.717) is 0 Å². The average Bonchev–Trinajstić information content (AvgIpc) is 3.78. The summed E-state index contributed by atoms with van der Waals surface area (Å²) in [5, 5.41) is 0. The van der Waals surface area contributed by atoms with Gasteiger partial charge in [0, 0.05) is 27.8 Å². The van der Waals surface area contributed by atoms with Crippen LogP contribution < -0.4 is 4.90 Å². The van der Waals surface area contributed by atoms with Crippen molar-refractivity contribution in [1.82, 2.24) is 0 Å². The number of hydrogen-bond acceptors (Lipinski definition) is 1. The van der Waals surface area contributed by atoms with Gasteiger partial charge in [-0.2, -0.15) is 0 Å². The van der Waals surface area contributed by atoms with Crippen LogP contribution in [0.5, 0.6) is 0 Å². The molecule has 0 heterocycles. The van der Waals surface area contributed by atoms with E-state index in [1.807, 2.05) is 0 Å². The largest absolute Gasteiger partial charge is 0.310 e. The van der Waals surface area contributed by atoms with Crippen LogP contribution in [-0.2, 0) is 10.8 Å². The Bertz CT molecular complexity index is 3470. The van der Waals surface area contributed by atoms with E-state index in [2.05, 4.69) is 268 Å². The van der Waals surface area contributed by atoms with Crippen molar-refractivity contribution in [3.05, 3.63) is 270 Å². The first-order valence-electron chi connectivity index (χ1n) is 23.2. The molecule has 0 aromatic heterocycles. The topological polar surface area (TPSA) is 3.24 Å². The molecule has 314 valence electrons. The molecule has 0 bridgehead atoms. The van der Waals surface area contributed by atoms with Crippen LogP contribution in [0.15, 0.2) is 243 Å². The summed E-state index contributed by atoms with van der Waals surface area (Å²) in [6, 6.07) is 89.7. The lowest BCUT2D eigenvalue weighted by molar-refractivity contribution is 0.662. The fourth-order valence-corrected chi connectivity index (χ4v) is 11.4. The van der Waals surface area contributed by atoms with Gasteiger partial charge in [0.1, 0.15) is 0 Å². The molecule has 0 amide bonds. The molecule has 0 saturated carbocycles. The molecule has 2 aliphatic rings. The first-order valence-corrected chi connectivity index (χ1v) is 23.2. The number of hydrogen-bond donors (Lipinski definition) is 0. The van der Waals surface area contributed by atoms with Gasteiger partial charge in [0.2, 0.25) is 0 Å². The Hall–Kier alpha value is -8.00. The molecule has 1 nitrogen and oxygen atoms in total. The van der Waals surface area contributed by atoms with E-state index in [1.165, 1.54) is 83.5 Å². The number of fused-ring (bicyclic) bond motifs is 6. The van der Waals surface area contributed by atoms with Gasteiger partial charge >= 0.3 is 0 Å². The van der Waals surface area contributed by atoms with Gasteiger partial charge in [0.25, 0.3) is 0 Å². The summed E-state index contributed by atoms with van der Waals surface area (Å²) in [5.41, 5.74) is 24.4. The second kappa shape index (κ2) is 15.6. The van der Waals surface area contributed by atoms with Crippen molar-refractivity contribution >= 4 is 17.1 Å². The third-order valence-electron chi connectivity index (χ3n) is 14.5. The Morgan fingerprint density at radius 3 is 1.50 bits per heavy atom. The number of anilines is 3. The van der Waals surface area contributed by atoms with Gasteiger partial charge in [-0.25, -0.2) is 0 Å². The molecule has 10 aromatic rings. The van der Waals surface area contributed by atoms with Gasteiger partial charge in [0.15, 0.2) is 0 Å². The monoisotopic (exact) mass is 843 g/mol. The molecule has 1 unspecified atom stereocenters. The second-order valence-electron chi connectivity index (χ2n) is 18.6. The van der Waals surface area contributed by atoms with Crippen molar-refractivity contribution in [2.24, 2.45) is 0 Å². The highest BCUT2D eigenvalue weighted by Crippen LogP contribution is 2.56. The molecule has 0 aliphatic heterocycles. The lowest BCUT2D eigenvalue weighted by Crippen LogP contribution is -2.23. The minimum Gasteiger partial charge on any atom is -0.310 e. The Balaban J connectivity index is 1.06. The Kier molecular flexibility index (Phi) is 9.36. The molecular weight excluding hydrogens is 795 g/mol.